The number of unbranched alkanes of at least 4 members (excludes halogenated alkanes) is 1. The molecule has 108 valence electrons. The van der Waals surface area contributed by atoms with E-state index in [0.717, 1.165) is 23.3 Å². The highest BCUT2D eigenvalue weighted by Gasteiger charge is 2.19. The van der Waals surface area contributed by atoms with Crippen LogP contribution >= 0.6 is 0 Å². The summed E-state index contributed by atoms with van der Waals surface area (Å²) in [6.45, 7) is 8.76. The van der Waals surface area contributed by atoms with Crippen LogP contribution in [0.15, 0.2) is 24.3 Å². The van der Waals surface area contributed by atoms with Crippen LogP contribution in [0.2, 0.25) is 0 Å². The van der Waals surface area contributed by atoms with Gasteiger partial charge in [-0.2, -0.15) is 0 Å². The van der Waals surface area contributed by atoms with Gasteiger partial charge in [0, 0.05) is 10.9 Å². The molecule has 3 nitrogen and oxygen atoms in total. The van der Waals surface area contributed by atoms with Crippen molar-refractivity contribution in [3.63, 3.8) is 0 Å². The first-order valence-corrected chi connectivity index (χ1v) is 7.36. The van der Waals surface area contributed by atoms with E-state index in [2.05, 4.69) is 62.4 Å². The molecule has 3 heteroatoms. The number of rotatable bonds is 4. The van der Waals surface area contributed by atoms with Crippen molar-refractivity contribution >= 4 is 16.7 Å². The lowest BCUT2D eigenvalue weighted by Gasteiger charge is -2.22. The summed E-state index contributed by atoms with van der Waals surface area (Å²) in [6, 6.07) is 8.73. The molecular formula is C17H25N3. The van der Waals surface area contributed by atoms with Crippen molar-refractivity contribution in [1.29, 1.82) is 0 Å². The molecule has 0 bridgehead atoms. The van der Waals surface area contributed by atoms with Gasteiger partial charge in [0.1, 0.15) is 5.82 Å². The Bertz CT molecular complexity index is 597. The van der Waals surface area contributed by atoms with Gasteiger partial charge in [-0.25, -0.2) is 10.8 Å². The fourth-order valence-electron chi connectivity index (χ4n) is 2.44. The highest BCUT2D eigenvalue weighted by molar-refractivity contribution is 5.82. The molecule has 0 atom stereocenters. The molecule has 0 aliphatic carbocycles. The molecule has 2 aromatic rings. The summed E-state index contributed by atoms with van der Waals surface area (Å²) < 4.78 is 0. The number of hydrazine groups is 1. The molecule has 0 fully saturated rings. The number of nitrogen functional groups attached to an aromatic ring is 1. The molecule has 1 heterocycles. The van der Waals surface area contributed by atoms with Gasteiger partial charge in [-0.3, -0.25) is 0 Å². The fraction of sp³-hybridized carbons (Fsp3) is 0.471. The molecule has 0 amide bonds. The summed E-state index contributed by atoms with van der Waals surface area (Å²) in [5, 5.41) is 1.20. The molecular weight excluding hydrogens is 246 g/mol. The summed E-state index contributed by atoms with van der Waals surface area (Å²) in [7, 11) is 0. The first-order chi connectivity index (χ1) is 9.45. The van der Waals surface area contributed by atoms with Crippen LogP contribution in [0.3, 0.4) is 0 Å². The van der Waals surface area contributed by atoms with Crippen molar-refractivity contribution in [2.75, 3.05) is 5.43 Å². The molecule has 0 aliphatic rings. The zero-order valence-corrected chi connectivity index (χ0v) is 13.0. The zero-order chi connectivity index (χ0) is 14.8. The summed E-state index contributed by atoms with van der Waals surface area (Å²) in [5.41, 5.74) is 6.28. The van der Waals surface area contributed by atoms with Crippen LogP contribution < -0.4 is 11.3 Å². The average Bonchev–Trinajstić information content (AvgIpc) is 2.42. The van der Waals surface area contributed by atoms with Gasteiger partial charge >= 0.3 is 0 Å². The van der Waals surface area contributed by atoms with Crippen LogP contribution in [-0.2, 0) is 11.8 Å². The van der Waals surface area contributed by atoms with E-state index < -0.39 is 0 Å². The highest BCUT2D eigenvalue weighted by Crippen LogP contribution is 2.31. The van der Waals surface area contributed by atoms with Gasteiger partial charge in [0.2, 0.25) is 0 Å². The Labute approximate surface area is 121 Å². The SMILES string of the molecule is CCCCc1ccc2nc(NN)c(C(C)(C)C)cc2c1. The van der Waals surface area contributed by atoms with Crippen molar-refractivity contribution in [3.05, 3.63) is 35.4 Å². The number of anilines is 1. The molecule has 2 rings (SSSR count). The number of benzene rings is 1. The number of nitrogens with two attached hydrogens (primary N) is 1. The predicted molar refractivity (Wildman–Crippen MR) is 86.9 cm³/mol. The maximum Gasteiger partial charge on any atom is 0.144 e. The van der Waals surface area contributed by atoms with Crippen LogP contribution in [0, 0.1) is 0 Å². The molecule has 0 radical (unpaired) electrons. The van der Waals surface area contributed by atoms with Crippen LogP contribution in [0.4, 0.5) is 5.82 Å². The van der Waals surface area contributed by atoms with Crippen molar-refractivity contribution in [1.82, 2.24) is 4.98 Å². The van der Waals surface area contributed by atoms with Gasteiger partial charge in [-0.15, -0.1) is 0 Å². The van der Waals surface area contributed by atoms with Gasteiger partial charge in [-0.05, 0) is 42.0 Å². The Kier molecular flexibility index (Phi) is 4.29. The number of nitrogens with one attached hydrogen (secondary N) is 1. The van der Waals surface area contributed by atoms with E-state index >= 15 is 0 Å². The first-order valence-electron chi connectivity index (χ1n) is 7.36. The van der Waals surface area contributed by atoms with E-state index in [-0.39, 0.29) is 5.41 Å². The number of hydrogen-bond acceptors (Lipinski definition) is 3. The highest BCUT2D eigenvalue weighted by atomic mass is 15.2. The quantitative estimate of drug-likeness (QED) is 0.648. The van der Waals surface area contributed by atoms with Crippen LogP contribution in [-0.4, -0.2) is 4.98 Å². The number of nitrogens with zero attached hydrogens (tertiary/aromatic N) is 1. The van der Waals surface area contributed by atoms with Crippen LogP contribution in [0.25, 0.3) is 10.9 Å². The largest absolute Gasteiger partial charge is 0.308 e. The van der Waals surface area contributed by atoms with E-state index in [9.17, 15) is 0 Å². The van der Waals surface area contributed by atoms with Gasteiger partial charge in [0.05, 0.1) is 5.52 Å². The zero-order valence-electron chi connectivity index (χ0n) is 13.0. The van der Waals surface area contributed by atoms with Crippen LogP contribution in [0.5, 0.6) is 0 Å². The second kappa shape index (κ2) is 5.80. The van der Waals surface area contributed by atoms with Gasteiger partial charge in [0.25, 0.3) is 0 Å². The summed E-state index contributed by atoms with van der Waals surface area (Å²) in [5.74, 6) is 6.39. The minimum atomic E-state index is 0.0162. The molecule has 0 unspecified atom stereocenters. The second-order valence-corrected chi connectivity index (χ2v) is 6.41. The van der Waals surface area contributed by atoms with E-state index in [1.807, 2.05) is 0 Å². The lowest BCUT2D eigenvalue weighted by molar-refractivity contribution is 0.590. The summed E-state index contributed by atoms with van der Waals surface area (Å²) in [6.07, 6.45) is 3.58. The second-order valence-electron chi connectivity index (χ2n) is 6.41. The van der Waals surface area contributed by atoms with Crippen molar-refractivity contribution in [2.45, 2.75) is 52.4 Å². The third kappa shape index (κ3) is 3.10. The minimum Gasteiger partial charge on any atom is -0.308 e. The molecule has 3 N–H and O–H groups in total. The summed E-state index contributed by atoms with van der Waals surface area (Å²) >= 11 is 0. The molecule has 20 heavy (non-hydrogen) atoms. The Morgan fingerprint density at radius 2 is 1.95 bits per heavy atom. The number of aryl methyl sites for hydroxylation is 1. The van der Waals surface area contributed by atoms with Gasteiger partial charge < -0.3 is 5.43 Å². The molecule has 1 aromatic heterocycles. The predicted octanol–water partition coefficient (Wildman–Crippen LogP) is 4.16. The molecule has 1 aromatic carbocycles. The Hall–Kier alpha value is -1.61. The number of fused-ring (bicyclic) bond motifs is 1. The monoisotopic (exact) mass is 271 g/mol. The number of hydrogen-bond donors (Lipinski definition) is 2. The minimum absolute atomic E-state index is 0.0162. The van der Waals surface area contributed by atoms with E-state index in [0.29, 0.717) is 0 Å². The normalized spacial score (nSPS) is 11.8. The maximum absolute atomic E-state index is 5.62. The molecule has 0 spiro atoms. The third-order valence-electron chi connectivity index (χ3n) is 3.64. The van der Waals surface area contributed by atoms with E-state index in [1.54, 1.807) is 0 Å². The molecule has 0 saturated heterocycles. The Morgan fingerprint density at radius 3 is 2.55 bits per heavy atom. The van der Waals surface area contributed by atoms with Gasteiger partial charge in [0.15, 0.2) is 0 Å². The topological polar surface area (TPSA) is 50.9 Å². The Morgan fingerprint density at radius 1 is 1.20 bits per heavy atom. The smallest absolute Gasteiger partial charge is 0.144 e. The first kappa shape index (κ1) is 14.8. The lowest BCUT2D eigenvalue weighted by atomic mass is 9.86. The van der Waals surface area contributed by atoms with E-state index in [4.69, 9.17) is 5.84 Å². The number of aromatic nitrogens is 1. The average molecular weight is 271 g/mol. The number of pyridine rings is 1. The third-order valence-corrected chi connectivity index (χ3v) is 3.64. The lowest BCUT2D eigenvalue weighted by Crippen LogP contribution is -2.19. The van der Waals surface area contributed by atoms with Crippen molar-refractivity contribution < 1.29 is 0 Å². The molecule has 0 saturated carbocycles. The van der Waals surface area contributed by atoms with E-state index in [1.165, 1.54) is 23.8 Å². The van der Waals surface area contributed by atoms with Crippen LogP contribution in [0.1, 0.15) is 51.7 Å². The van der Waals surface area contributed by atoms with Crippen molar-refractivity contribution in [3.8, 4) is 0 Å². The van der Waals surface area contributed by atoms with Gasteiger partial charge in [-0.1, -0.05) is 40.2 Å². The van der Waals surface area contributed by atoms with Crippen molar-refractivity contribution in [2.24, 2.45) is 5.84 Å². The molecule has 0 aliphatic heterocycles. The maximum atomic E-state index is 5.62. The Balaban J connectivity index is 2.52. The fourth-order valence-corrected chi connectivity index (χ4v) is 2.44. The standard InChI is InChI=1S/C17H25N3/c1-5-6-7-12-8-9-15-13(10-12)11-14(17(2,3)4)16(19-15)20-18/h8-11H,5-7,18H2,1-4H3,(H,19,20). The summed E-state index contributed by atoms with van der Waals surface area (Å²) in [4.78, 5) is 4.65.